The van der Waals surface area contributed by atoms with Gasteiger partial charge in [0.1, 0.15) is 12.0 Å². The average molecular weight is 267 g/mol. The number of nitro groups is 1. The fraction of sp³-hybridized carbons (Fsp3) is 0.455. The van der Waals surface area contributed by atoms with Gasteiger partial charge in [-0.15, -0.1) is 0 Å². The highest BCUT2D eigenvalue weighted by Gasteiger charge is 2.43. The molecule has 0 bridgehead atoms. The lowest BCUT2D eigenvalue weighted by Gasteiger charge is -2.25. The van der Waals surface area contributed by atoms with Crippen molar-refractivity contribution in [1.82, 2.24) is 4.98 Å². The Labute approximate surface area is 108 Å². The molecule has 0 saturated carbocycles. The molecule has 102 valence electrons. The lowest BCUT2D eigenvalue weighted by atomic mass is 9.99. The fourth-order valence-electron chi connectivity index (χ4n) is 1.90. The summed E-state index contributed by atoms with van der Waals surface area (Å²) in [5.41, 5.74) is -0.828. The van der Waals surface area contributed by atoms with Gasteiger partial charge >= 0.3 is 5.97 Å². The standard InChI is InChI=1S/C11H13N3O5/c1-7-4-8(14(17)18)5-12-9(7)13-11(10(15)16)2-3-19-6-11/h4-5H,2-3,6H2,1H3,(H,12,13)(H,15,16). The van der Waals surface area contributed by atoms with E-state index in [1.807, 2.05) is 0 Å². The topological polar surface area (TPSA) is 115 Å². The molecule has 2 heterocycles. The van der Waals surface area contributed by atoms with E-state index in [1.54, 1.807) is 6.92 Å². The van der Waals surface area contributed by atoms with Crippen LogP contribution in [0, 0.1) is 17.0 Å². The molecule has 0 amide bonds. The molecule has 8 heteroatoms. The van der Waals surface area contributed by atoms with Gasteiger partial charge in [0.15, 0.2) is 5.54 Å². The molecule has 1 atom stereocenters. The number of carboxylic acids is 1. The lowest BCUT2D eigenvalue weighted by Crippen LogP contribution is -2.47. The SMILES string of the molecule is Cc1cc([N+](=O)[O-])cnc1NC1(C(=O)O)CCOC1. The van der Waals surface area contributed by atoms with Gasteiger partial charge in [-0.3, -0.25) is 10.1 Å². The molecule has 1 unspecified atom stereocenters. The molecule has 1 aliphatic heterocycles. The summed E-state index contributed by atoms with van der Waals surface area (Å²) < 4.78 is 5.12. The molecular weight excluding hydrogens is 254 g/mol. The van der Waals surface area contributed by atoms with E-state index in [-0.39, 0.29) is 12.3 Å². The molecule has 0 aliphatic carbocycles. The van der Waals surface area contributed by atoms with Crippen molar-refractivity contribution in [2.75, 3.05) is 18.5 Å². The van der Waals surface area contributed by atoms with Gasteiger partial charge in [-0.25, -0.2) is 9.78 Å². The number of nitrogens with zero attached hydrogens (tertiary/aromatic N) is 2. The second-order valence-electron chi connectivity index (χ2n) is 4.43. The number of ether oxygens (including phenoxy) is 1. The lowest BCUT2D eigenvalue weighted by molar-refractivity contribution is -0.385. The van der Waals surface area contributed by atoms with Crippen molar-refractivity contribution in [1.29, 1.82) is 0 Å². The molecule has 0 aromatic carbocycles. The normalized spacial score (nSPS) is 22.2. The van der Waals surface area contributed by atoms with Gasteiger partial charge in [0.25, 0.3) is 5.69 Å². The van der Waals surface area contributed by atoms with E-state index in [1.165, 1.54) is 6.07 Å². The molecule has 8 nitrogen and oxygen atoms in total. The van der Waals surface area contributed by atoms with Crippen LogP contribution in [0.4, 0.5) is 11.5 Å². The molecular formula is C11H13N3O5. The zero-order valence-corrected chi connectivity index (χ0v) is 10.3. The maximum atomic E-state index is 11.3. The fourth-order valence-corrected chi connectivity index (χ4v) is 1.90. The minimum Gasteiger partial charge on any atom is -0.479 e. The monoisotopic (exact) mass is 267 g/mol. The number of hydrogen-bond acceptors (Lipinski definition) is 6. The molecule has 2 N–H and O–H groups in total. The van der Waals surface area contributed by atoms with Gasteiger partial charge in [-0.1, -0.05) is 0 Å². The quantitative estimate of drug-likeness (QED) is 0.616. The molecule has 19 heavy (non-hydrogen) atoms. The van der Waals surface area contributed by atoms with Crippen LogP contribution < -0.4 is 5.32 Å². The summed E-state index contributed by atoms with van der Waals surface area (Å²) in [6.07, 6.45) is 1.42. The number of aromatic nitrogens is 1. The van der Waals surface area contributed by atoms with Crippen LogP contribution in [-0.2, 0) is 9.53 Å². The maximum Gasteiger partial charge on any atom is 0.331 e. The molecule has 1 fully saturated rings. The van der Waals surface area contributed by atoms with Crippen LogP contribution in [0.25, 0.3) is 0 Å². The zero-order valence-electron chi connectivity index (χ0n) is 10.3. The number of aliphatic carboxylic acids is 1. The Bertz CT molecular complexity index is 525. The van der Waals surface area contributed by atoms with E-state index in [9.17, 15) is 20.0 Å². The van der Waals surface area contributed by atoms with E-state index in [0.29, 0.717) is 24.4 Å². The number of pyridine rings is 1. The number of rotatable bonds is 4. The van der Waals surface area contributed by atoms with Crippen molar-refractivity contribution in [3.8, 4) is 0 Å². The van der Waals surface area contributed by atoms with Crippen molar-refractivity contribution in [2.24, 2.45) is 0 Å². The molecule has 1 saturated heterocycles. The van der Waals surface area contributed by atoms with E-state index < -0.39 is 16.4 Å². The van der Waals surface area contributed by atoms with Gasteiger partial charge in [0.05, 0.1) is 11.5 Å². The van der Waals surface area contributed by atoms with Crippen molar-refractivity contribution >= 4 is 17.5 Å². The molecule has 1 aliphatic rings. The maximum absolute atomic E-state index is 11.3. The minimum absolute atomic E-state index is 0.0421. The average Bonchev–Trinajstić information content (AvgIpc) is 2.81. The first-order chi connectivity index (χ1) is 8.94. The number of anilines is 1. The van der Waals surface area contributed by atoms with E-state index in [2.05, 4.69) is 10.3 Å². The van der Waals surface area contributed by atoms with Gasteiger partial charge in [-0.05, 0) is 12.5 Å². The molecule has 1 aromatic heterocycles. The summed E-state index contributed by atoms with van der Waals surface area (Å²) in [4.78, 5) is 25.3. The van der Waals surface area contributed by atoms with Crippen LogP contribution in [0.1, 0.15) is 12.0 Å². The van der Waals surface area contributed by atoms with Gasteiger partial charge in [0.2, 0.25) is 0 Å². The van der Waals surface area contributed by atoms with Crippen LogP contribution >= 0.6 is 0 Å². The van der Waals surface area contributed by atoms with Crippen molar-refractivity contribution < 1.29 is 19.6 Å². The van der Waals surface area contributed by atoms with Crippen molar-refractivity contribution in [3.05, 3.63) is 27.9 Å². The Morgan fingerprint density at radius 2 is 2.42 bits per heavy atom. The summed E-state index contributed by atoms with van der Waals surface area (Å²) in [6, 6.07) is 1.35. The van der Waals surface area contributed by atoms with Gasteiger partial charge in [0, 0.05) is 19.1 Å². The first kappa shape index (κ1) is 13.2. The van der Waals surface area contributed by atoms with E-state index in [4.69, 9.17) is 4.74 Å². The van der Waals surface area contributed by atoms with Crippen LogP contribution in [-0.4, -0.2) is 39.7 Å². The summed E-state index contributed by atoms with van der Waals surface area (Å²) in [5.74, 6) is -0.706. The predicted molar refractivity (Wildman–Crippen MR) is 65.1 cm³/mol. The van der Waals surface area contributed by atoms with Crippen LogP contribution in [0.3, 0.4) is 0 Å². The number of nitrogens with one attached hydrogen (secondary N) is 1. The van der Waals surface area contributed by atoms with Crippen LogP contribution in [0.15, 0.2) is 12.3 Å². The Balaban J connectivity index is 2.28. The molecule has 1 aromatic rings. The smallest absolute Gasteiger partial charge is 0.331 e. The number of carbonyl (C=O) groups is 1. The predicted octanol–water partition coefficient (Wildman–Crippen LogP) is 0.954. The highest BCUT2D eigenvalue weighted by Crippen LogP contribution is 2.26. The summed E-state index contributed by atoms with van der Waals surface area (Å²) >= 11 is 0. The Kier molecular flexibility index (Phi) is 3.34. The van der Waals surface area contributed by atoms with Crippen LogP contribution in [0.2, 0.25) is 0 Å². The minimum atomic E-state index is -1.21. The number of hydrogen-bond donors (Lipinski definition) is 2. The van der Waals surface area contributed by atoms with Gasteiger partial charge < -0.3 is 15.2 Å². The number of aryl methyl sites for hydroxylation is 1. The Hall–Kier alpha value is -2.22. The molecule has 0 spiro atoms. The van der Waals surface area contributed by atoms with Crippen LogP contribution in [0.5, 0.6) is 0 Å². The third kappa shape index (κ3) is 2.48. The first-order valence-corrected chi connectivity index (χ1v) is 5.65. The Morgan fingerprint density at radius 1 is 1.68 bits per heavy atom. The molecule has 0 radical (unpaired) electrons. The van der Waals surface area contributed by atoms with Crippen molar-refractivity contribution in [2.45, 2.75) is 18.9 Å². The summed E-state index contributed by atoms with van der Waals surface area (Å²) in [5, 5.41) is 22.7. The third-order valence-electron chi connectivity index (χ3n) is 3.06. The highest BCUT2D eigenvalue weighted by molar-refractivity contribution is 5.83. The van der Waals surface area contributed by atoms with E-state index in [0.717, 1.165) is 6.20 Å². The van der Waals surface area contributed by atoms with Crippen molar-refractivity contribution in [3.63, 3.8) is 0 Å². The van der Waals surface area contributed by atoms with E-state index >= 15 is 0 Å². The number of carboxylic acid groups (broad SMARTS) is 1. The Morgan fingerprint density at radius 3 is 2.89 bits per heavy atom. The second-order valence-corrected chi connectivity index (χ2v) is 4.43. The highest BCUT2D eigenvalue weighted by atomic mass is 16.6. The third-order valence-corrected chi connectivity index (χ3v) is 3.06. The second kappa shape index (κ2) is 4.81. The first-order valence-electron chi connectivity index (χ1n) is 5.65. The van der Waals surface area contributed by atoms with Gasteiger partial charge in [-0.2, -0.15) is 0 Å². The zero-order chi connectivity index (χ0) is 14.0. The largest absolute Gasteiger partial charge is 0.479 e. The summed E-state index contributed by atoms with van der Waals surface area (Å²) in [6.45, 7) is 2.03. The molecule has 2 rings (SSSR count). The summed E-state index contributed by atoms with van der Waals surface area (Å²) in [7, 11) is 0.